The van der Waals surface area contributed by atoms with E-state index in [0.717, 1.165) is 70.6 Å². The number of hydrogen-bond acceptors (Lipinski definition) is 7. The molecule has 1 N–H and O–H groups in total. The van der Waals surface area contributed by atoms with E-state index in [4.69, 9.17) is 18.9 Å². The Morgan fingerprint density at radius 3 is 1.15 bits per heavy atom. The molecule has 0 fully saturated rings. The lowest BCUT2D eigenvalue weighted by molar-refractivity contribution is -0.870. The molecule has 9 nitrogen and oxygen atoms in total. The molecule has 0 aliphatic rings. The average Bonchev–Trinajstić information content (AvgIpc) is 3.38. The second-order valence-electron chi connectivity index (χ2n) is 22.0. The molecule has 434 valence electrons. The molecule has 0 amide bonds. The third-order valence-corrected chi connectivity index (χ3v) is 13.4. The summed E-state index contributed by atoms with van der Waals surface area (Å²) >= 11 is 0. The van der Waals surface area contributed by atoms with E-state index in [2.05, 4.69) is 86.8 Å². The summed E-state index contributed by atoms with van der Waals surface area (Å²) < 4.78 is 22.9. The van der Waals surface area contributed by atoms with Crippen molar-refractivity contribution in [3.8, 4) is 0 Å². The van der Waals surface area contributed by atoms with Crippen LogP contribution in [-0.2, 0) is 33.3 Å². The quantitative estimate of drug-likeness (QED) is 0.0211. The van der Waals surface area contributed by atoms with Crippen molar-refractivity contribution in [3.05, 3.63) is 72.9 Å². The first-order valence-corrected chi connectivity index (χ1v) is 31.1. The van der Waals surface area contributed by atoms with Crippen molar-refractivity contribution in [3.63, 3.8) is 0 Å². The Hall–Kier alpha value is -3.27. The second-order valence-corrected chi connectivity index (χ2v) is 22.0. The van der Waals surface area contributed by atoms with Crippen LogP contribution in [0.25, 0.3) is 0 Å². The molecule has 75 heavy (non-hydrogen) atoms. The highest BCUT2D eigenvalue weighted by atomic mass is 16.7. The van der Waals surface area contributed by atoms with Gasteiger partial charge in [-0.15, -0.1) is 0 Å². The summed E-state index contributed by atoms with van der Waals surface area (Å²) in [4.78, 5) is 37.5. The van der Waals surface area contributed by atoms with Crippen LogP contribution < -0.4 is 0 Å². The fourth-order valence-corrected chi connectivity index (χ4v) is 8.68. The lowest BCUT2D eigenvalue weighted by Crippen LogP contribution is -2.40. The lowest BCUT2D eigenvalue weighted by atomic mass is 10.0. The number of quaternary nitrogens is 1. The summed E-state index contributed by atoms with van der Waals surface area (Å²) in [7, 11) is 5.97. The average molecular weight is 1050 g/mol. The number of ether oxygens (including phenoxy) is 4. The van der Waals surface area contributed by atoms with Gasteiger partial charge in [-0.25, -0.2) is 4.79 Å². The Morgan fingerprint density at radius 2 is 0.760 bits per heavy atom. The number of carbonyl (C=O) groups excluding carboxylic acids is 2. The number of rotatable bonds is 57. The topological polar surface area (TPSA) is 108 Å². The van der Waals surface area contributed by atoms with Gasteiger partial charge >= 0.3 is 17.9 Å². The van der Waals surface area contributed by atoms with E-state index < -0.39 is 24.3 Å². The van der Waals surface area contributed by atoms with E-state index in [-0.39, 0.29) is 32.2 Å². The van der Waals surface area contributed by atoms with Gasteiger partial charge in [0.25, 0.3) is 6.29 Å². The van der Waals surface area contributed by atoms with Gasteiger partial charge in [0.15, 0.2) is 6.10 Å². The van der Waals surface area contributed by atoms with Gasteiger partial charge in [0, 0.05) is 12.8 Å². The maximum Gasteiger partial charge on any atom is 0.361 e. The number of esters is 2. The Kier molecular flexibility index (Phi) is 54.4. The van der Waals surface area contributed by atoms with Crippen LogP contribution in [0.5, 0.6) is 0 Å². The van der Waals surface area contributed by atoms with E-state index in [1.165, 1.54) is 173 Å². The van der Waals surface area contributed by atoms with Crippen LogP contribution in [0.15, 0.2) is 72.9 Å². The smallest absolute Gasteiger partial charge is 0.361 e. The van der Waals surface area contributed by atoms with Crippen molar-refractivity contribution in [1.82, 2.24) is 0 Å². The van der Waals surface area contributed by atoms with E-state index in [1.807, 2.05) is 21.1 Å². The number of carboxylic acids is 1. The summed E-state index contributed by atoms with van der Waals surface area (Å²) in [6.45, 7) is 4.78. The molecule has 0 aromatic heterocycles. The van der Waals surface area contributed by atoms with Gasteiger partial charge in [0.1, 0.15) is 13.2 Å². The minimum atomic E-state index is -1.51. The number of carbonyl (C=O) groups is 3. The van der Waals surface area contributed by atoms with Crippen LogP contribution in [0.4, 0.5) is 0 Å². The number of carboxylic acid groups (broad SMARTS) is 1. The van der Waals surface area contributed by atoms with Gasteiger partial charge in [-0.2, -0.15) is 0 Å². The van der Waals surface area contributed by atoms with Crippen molar-refractivity contribution in [1.29, 1.82) is 0 Å². The molecule has 0 saturated heterocycles. The van der Waals surface area contributed by atoms with Crippen LogP contribution in [0.1, 0.15) is 271 Å². The third kappa shape index (κ3) is 58.3. The molecular formula is C66H118NO8+. The summed E-state index contributed by atoms with van der Waals surface area (Å²) in [6, 6.07) is 0. The Morgan fingerprint density at radius 1 is 0.413 bits per heavy atom. The van der Waals surface area contributed by atoms with Crippen LogP contribution >= 0.6 is 0 Å². The molecule has 2 atom stereocenters. The van der Waals surface area contributed by atoms with Gasteiger partial charge < -0.3 is 28.5 Å². The molecule has 0 aliphatic carbocycles. The standard InChI is InChI=1S/C66H117NO8/c1-6-8-10-12-14-16-18-20-22-24-26-27-28-29-30-31-32-33-34-35-36-37-39-41-43-45-47-49-51-53-55-57-64(69)75-62(61-74-66(65(70)71)72-59-58-67(3,4)5)60-73-63(68)56-54-52-50-48-46-44-42-40-38-25-23-21-19-17-15-13-11-9-7-2/h8,10,14,16,20-23,26-27,29-30,62,66H,6-7,9,11-13,15,17-19,24-25,28,31-61H2,1-5H3/p+1/b10-8-,16-14-,22-20-,23-21-,27-26-,30-29-. The molecular weight excluding hydrogens is 935 g/mol. The highest BCUT2D eigenvalue weighted by molar-refractivity contribution is 5.71. The van der Waals surface area contributed by atoms with E-state index in [0.29, 0.717) is 17.4 Å². The molecule has 9 heteroatoms. The fourth-order valence-electron chi connectivity index (χ4n) is 8.68. The van der Waals surface area contributed by atoms with Crippen LogP contribution in [0.2, 0.25) is 0 Å². The molecule has 0 radical (unpaired) electrons. The molecule has 0 aromatic carbocycles. The van der Waals surface area contributed by atoms with Gasteiger partial charge in [-0.3, -0.25) is 9.59 Å². The minimum absolute atomic E-state index is 0.183. The monoisotopic (exact) mass is 1050 g/mol. The largest absolute Gasteiger partial charge is 0.477 e. The predicted molar refractivity (Wildman–Crippen MR) is 318 cm³/mol. The number of hydrogen-bond donors (Lipinski definition) is 1. The summed E-state index contributed by atoms with van der Waals surface area (Å²) in [6.07, 6.45) is 71.3. The van der Waals surface area contributed by atoms with E-state index in [9.17, 15) is 19.5 Å². The normalized spacial score (nSPS) is 13.2. The zero-order valence-electron chi connectivity index (χ0n) is 49.4. The van der Waals surface area contributed by atoms with Gasteiger partial charge in [-0.1, -0.05) is 247 Å². The summed E-state index contributed by atoms with van der Waals surface area (Å²) in [5.74, 6) is -2.00. The maximum atomic E-state index is 12.9. The van der Waals surface area contributed by atoms with Crippen LogP contribution in [0, 0.1) is 0 Å². The lowest BCUT2D eigenvalue weighted by Gasteiger charge is -2.25. The van der Waals surface area contributed by atoms with Gasteiger partial charge in [0.05, 0.1) is 34.4 Å². The Bertz CT molecular complexity index is 1460. The van der Waals surface area contributed by atoms with Crippen molar-refractivity contribution < 1.29 is 42.9 Å². The van der Waals surface area contributed by atoms with E-state index >= 15 is 0 Å². The molecule has 2 unspecified atom stereocenters. The second kappa shape index (κ2) is 56.9. The Balaban J connectivity index is 4.16. The number of nitrogens with zero attached hydrogens (tertiary/aromatic N) is 1. The van der Waals surface area contributed by atoms with Gasteiger partial charge in [0.2, 0.25) is 0 Å². The van der Waals surface area contributed by atoms with Gasteiger partial charge in [-0.05, 0) is 83.5 Å². The maximum absolute atomic E-state index is 12.9. The SMILES string of the molecule is CC/C=C\C/C=C\C/C=C\C/C=C\C/C=C\CCCCCCCCCCCCCCCCCC(=O)OC(COC(=O)CCCCCCCCCCC/C=C\CCCCCCCC)COC(OCC[N+](C)(C)C)C(=O)O. The van der Waals surface area contributed by atoms with Crippen LogP contribution in [-0.4, -0.2) is 87.4 Å². The molecule has 0 spiro atoms. The first-order valence-electron chi connectivity index (χ1n) is 31.1. The molecule has 0 heterocycles. The number of unbranched alkanes of at least 4 members (excludes halogenated alkanes) is 30. The molecule has 0 aliphatic heterocycles. The summed E-state index contributed by atoms with van der Waals surface area (Å²) in [5, 5.41) is 9.72. The first kappa shape index (κ1) is 71.7. The zero-order chi connectivity index (χ0) is 54.8. The third-order valence-electron chi connectivity index (χ3n) is 13.4. The Labute approximate surface area is 462 Å². The molecule has 0 rings (SSSR count). The van der Waals surface area contributed by atoms with Crippen LogP contribution in [0.3, 0.4) is 0 Å². The highest BCUT2D eigenvalue weighted by Crippen LogP contribution is 2.17. The highest BCUT2D eigenvalue weighted by Gasteiger charge is 2.25. The van der Waals surface area contributed by atoms with E-state index in [1.54, 1.807) is 0 Å². The molecule has 0 bridgehead atoms. The predicted octanol–water partition coefficient (Wildman–Crippen LogP) is 18.6. The number of likely N-dealkylation sites (N-methyl/N-ethyl adjacent to an activating group) is 1. The summed E-state index contributed by atoms with van der Waals surface area (Å²) in [5.41, 5.74) is 0. The van der Waals surface area contributed by atoms with Crippen molar-refractivity contribution >= 4 is 17.9 Å². The van der Waals surface area contributed by atoms with Crippen molar-refractivity contribution in [2.75, 3.05) is 47.5 Å². The molecule has 0 saturated carbocycles. The fraction of sp³-hybridized carbons (Fsp3) is 0.773. The zero-order valence-corrected chi connectivity index (χ0v) is 49.4. The molecule has 0 aromatic rings. The minimum Gasteiger partial charge on any atom is -0.477 e. The number of aliphatic carboxylic acids is 1. The number of allylic oxidation sites excluding steroid dienone is 12. The first-order chi connectivity index (χ1) is 36.6. The van der Waals surface area contributed by atoms with Crippen molar-refractivity contribution in [2.24, 2.45) is 0 Å². The van der Waals surface area contributed by atoms with Crippen molar-refractivity contribution in [2.45, 2.75) is 283 Å².